The lowest BCUT2D eigenvalue weighted by molar-refractivity contribution is -0.138. The second kappa shape index (κ2) is 7.42. The normalized spacial score (nSPS) is 17.3. The van der Waals surface area contributed by atoms with E-state index < -0.39 is 16.1 Å². The summed E-state index contributed by atoms with van der Waals surface area (Å²) in [6.45, 7) is 7.52. The minimum Gasteiger partial charge on any atom is -0.378 e. The Labute approximate surface area is 137 Å². The first-order chi connectivity index (χ1) is 10.8. The average molecular weight is 340 g/mol. The first-order valence-corrected chi connectivity index (χ1v) is 9.25. The van der Waals surface area contributed by atoms with Crippen molar-refractivity contribution in [2.45, 2.75) is 31.7 Å². The highest BCUT2D eigenvalue weighted by Crippen LogP contribution is 2.15. The summed E-state index contributed by atoms with van der Waals surface area (Å²) in [7, 11) is -3.73. The van der Waals surface area contributed by atoms with Crippen LogP contribution in [-0.4, -0.2) is 51.6 Å². The summed E-state index contributed by atoms with van der Waals surface area (Å²) in [5.41, 5.74) is 0.980. The molecule has 1 N–H and O–H groups in total. The molecule has 0 aromatic heterocycles. The highest BCUT2D eigenvalue weighted by Gasteiger charge is 2.32. The van der Waals surface area contributed by atoms with E-state index in [-0.39, 0.29) is 16.7 Å². The van der Waals surface area contributed by atoms with Gasteiger partial charge in [0.2, 0.25) is 15.9 Å². The van der Waals surface area contributed by atoms with Crippen LogP contribution in [0.15, 0.2) is 29.2 Å². The molecule has 0 bridgehead atoms. The molecule has 0 radical (unpaired) electrons. The molecule has 0 aliphatic carbocycles. The number of hydrogen-bond donors (Lipinski definition) is 1. The van der Waals surface area contributed by atoms with Gasteiger partial charge >= 0.3 is 0 Å². The fourth-order valence-electron chi connectivity index (χ4n) is 2.40. The molecule has 1 aromatic rings. The van der Waals surface area contributed by atoms with E-state index in [1.165, 1.54) is 0 Å². The van der Waals surface area contributed by atoms with Crippen molar-refractivity contribution >= 4 is 15.9 Å². The summed E-state index contributed by atoms with van der Waals surface area (Å²) in [4.78, 5) is 14.5. The Morgan fingerprint density at radius 3 is 2.26 bits per heavy atom. The van der Waals surface area contributed by atoms with Gasteiger partial charge in [-0.3, -0.25) is 4.79 Å². The van der Waals surface area contributed by atoms with Crippen molar-refractivity contribution in [3.63, 3.8) is 0 Å². The van der Waals surface area contributed by atoms with Gasteiger partial charge in [-0.2, -0.15) is 4.72 Å². The van der Waals surface area contributed by atoms with Crippen molar-refractivity contribution in [2.24, 2.45) is 5.92 Å². The number of carbonyl (C=O) groups is 1. The molecule has 1 aromatic carbocycles. The van der Waals surface area contributed by atoms with Crippen LogP contribution >= 0.6 is 0 Å². The summed E-state index contributed by atoms with van der Waals surface area (Å²) in [6.07, 6.45) is 0. The quantitative estimate of drug-likeness (QED) is 0.873. The van der Waals surface area contributed by atoms with E-state index in [4.69, 9.17) is 4.74 Å². The largest absolute Gasteiger partial charge is 0.378 e. The number of morpholine rings is 1. The van der Waals surface area contributed by atoms with Crippen LogP contribution in [-0.2, 0) is 19.6 Å². The zero-order valence-corrected chi connectivity index (χ0v) is 14.6. The van der Waals surface area contributed by atoms with E-state index in [1.54, 1.807) is 29.2 Å². The van der Waals surface area contributed by atoms with Gasteiger partial charge in [0, 0.05) is 13.1 Å². The number of carbonyl (C=O) groups excluding carboxylic acids is 1. The maximum atomic E-state index is 12.6. The highest BCUT2D eigenvalue weighted by molar-refractivity contribution is 7.89. The second-order valence-electron chi connectivity index (χ2n) is 6.09. The van der Waals surface area contributed by atoms with Crippen LogP contribution in [0.2, 0.25) is 0 Å². The lowest BCUT2D eigenvalue weighted by Gasteiger charge is -2.32. The third kappa shape index (κ3) is 4.53. The maximum Gasteiger partial charge on any atom is 0.241 e. The first kappa shape index (κ1) is 17.9. The van der Waals surface area contributed by atoms with Gasteiger partial charge in [-0.05, 0) is 25.0 Å². The summed E-state index contributed by atoms with van der Waals surface area (Å²) in [5.74, 6) is -0.343. The summed E-state index contributed by atoms with van der Waals surface area (Å²) in [5, 5.41) is 0. The van der Waals surface area contributed by atoms with Crippen molar-refractivity contribution in [1.29, 1.82) is 0 Å². The molecule has 0 spiro atoms. The molecule has 1 atom stereocenters. The van der Waals surface area contributed by atoms with Crippen LogP contribution in [0.1, 0.15) is 19.4 Å². The standard InChI is InChI=1S/C16H24N2O4S/c1-12(2)15(16(19)18-8-10-22-11-9-18)17-23(20,21)14-6-4-13(3)5-7-14/h4-7,12,15,17H,8-11H2,1-3H3/t15-/m0/s1. The van der Waals surface area contributed by atoms with Crippen molar-refractivity contribution in [2.75, 3.05) is 26.3 Å². The molecule has 128 valence electrons. The zero-order valence-electron chi connectivity index (χ0n) is 13.8. The lowest BCUT2D eigenvalue weighted by Crippen LogP contribution is -2.53. The van der Waals surface area contributed by atoms with Gasteiger partial charge in [0.15, 0.2) is 0 Å². The highest BCUT2D eigenvalue weighted by atomic mass is 32.2. The van der Waals surface area contributed by atoms with Crippen molar-refractivity contribution in [1.82, 2.24) is 9.62 Å². The first-order valence-electron chi connectivity index (χ1n) is 7.77. The maximum absolute atomic E-state index is 12.6. The zero-order chi connectivity index (χ0) is 17.0. The molecule has 1 fully saturated rings. The third-order valence-electron chi connectivity index (χ3n) is 3.87. The molecule has 6 nitrogen and oxygen atoms in total. The van der Waals surface area contributed by atoms with E-state index in [1.807, 2.05) is 20.8 Å². The van der Waals surface area contributed by atoms with E-state index >= 15 is 0 Å². The van der Waals surface area contributed by atoms with Crippen LogP contribution in [0.5, 0.6) is 0 Å². The molecular weight excluding hydrogens is 316 g/mol. The van der Waals surface area contributed by atoms with Gasteiger partial charge in [-0.25, -0.2) is 8.42 Å². The van der Waals surface area contributed by atoms with Gasteiger partial charge in [-0.1, -0.05) is 31.5 Å². The topological polar surface area (TPSA) is 75.7 Å². The molecule has 0 unspecified atom stereocenters. The summed E-state index contributed by atoms with van der Waals surface area (Å²) >= 11 is 0. The number of nitrogens with one attached hydrogen (secondary N) is 1. The van der Waals surface area contributed by atoms with Crippen molar-refractivity contribution in [3.8, 4) is 0 Å². The van der Waals surface area contributed by atoms with Crippen LogP contribution in [0.3, 0.4) is 0 Å². The third-order valence-corrected chi connectivity index (χ3v) is 5.33. The number of nitrogens with zero attached hydrogens (tertiary/aromatic N) is 1. The predicted octanol–water partition coefficient (Wildman–Crippen LogP) is 1.16. The van der Waals surface area contributed by atoms with Crippen LogP contribution in [0.25, 0.3) is 0 Å². The van der Waals surface area contributed by atoms with Crippen LogP contribution in [0, 0.1) is 12.8 Å². The average Bonchev–Trinajstić information content (AvgIpc) is 2.53. The Bertz CT molecular complexity index is 635. The molecule has 7 heteroatoms. The molecule has 2 rings (SSSR count). The van der Waals surface area contributed by atoms with Crippen molar-refractivity contribution in [3.05, 3.63) is 29.8 Å². The van der Waals surface area contributed by atoms with Gasteiger partial charge < -0.3 is 9.64 Å². The number of hydrogen-bond acceptors (Lipinski definition) is 4. The van der Waals surface area contributed by atoms with Gasteiger partial charge in [0.1, 0.15) is 6.04 Å². The van der Waals surface area contributed by atoms with Gasteiger partial charge in [-0.15, -0.1) is 0 Å². The van der Waals surface area contributed by atoms with Crippen molar-refractivity contribution < 1.29 is 17.9 Å². The van der Waals surface area contributed by atoms with E-state index in [0.29, 0.717) is 26.3 Å². The number of amides is 1. The van der Waals surface area contributed by atoms with E-state index in [9.17, 15) is 13.2 Å². The molecular formula is C16H24N2O4S. The molecule has 23 heavy (non-hydrogen) atoms. The van der Waals surface area contributed by atoms with E-state index in [2.05, 4.69) is 4.72 Å². The number of sulfonamides is 1. The smallest absolute Gasteiger partial charge is 0.241 e. The second-order valence-corrected chi connectivity index (χ2v) is 7.81. The van der Waals surface area contributed by atoms with Gasteiger partial charge in [0.05, 0.1) is 18.1 Å². The Morgan fingerprint density at radius 2 is 1.74 bits per heavy atom. The Morgan fingerprint density at radius 1 is 1.17 bits per heavy atom. The van der Waals surface area contributed by atoms with Gasteiger partial charge in [0.25, 0.3) is 0 Å². The predicted molar refractivity (Wildman–Crippen MR) is 87.5 cm³/mol. The SMILES string of the molecule is Cc1ccc(S(=O)(=O)N[C@H](C(=O)N2CCOCC2)C(C)C)cc1. The van der Waals surface area contributed by atoms with Crippen LogP contribution in [0.4, 0.5) is 0 Å². The monoisotopic (exact) mass is 340 g/mol. The van der Waals surface area contributed by atoms with Crippen LogP contribution < -0.4 is 4.72 Å². The number of rotatable bonds is 5. The number of benzene rings is 1. The Kier molecular flexibility index (Phi) is 5.78. The number of aryl methyl sites for hydroxylation is 1. The summed E-state index contributed by atoms with van der Waals surface area (Å²) in [6, 6.07) is 5.80. The summed E-state index contributed by atoms with van der Waals surface area (Å²) < 4.78 is 32.9. The molecule has 1 amide bonds. The number of ether oxygens (including phenoxy) is 1. The minimum absolute atomic E-state index is 0.148. The minimum atomic E-state index is -3.73. The Hall–Kier alpha value is -1.44. The molecule has 0 saturated carbocycles. The molecule has 1 heterocycles. The molecule has 1 aliphatic rings. The lowest BCUT2D eigenvalue weighted by atomic mass is 10.0. The van der Waals surface area contributed by atoms with E-state index in [0.717, 1.165) is 5.56 Å². The molecule has 1 aliphatic heterocycles. The fraction of sp³-hybridized carbons (Fsp3) is 0.562. The molecule has 1 saturated heterocycles. The fourth-order valence-corrected chi connectivity index (χ4v) is 3.74. The Balaban J connectivity index is 2.17.